The molecule has 0 saturated heterocycles. The van der Waals surface area contributed by atoms with Gasteiger partial charge in [-0.3, -0.25) is 4.79 Å². The predicted molar refractivity (Wildman–Crippen MR) is 68.4 cm³/mol. The normalized spacial score (nSPS) is 15.9. The van der Waals surface area contributed by atoms with E-state index in [1.807, 2.05) is 0 Å². The SMILES string of the molecule is C[C@@H](CO)NC(=O)C(C)(O)c1ccc(F)c(Br)c1. The molecule has 3 N–H and O–H groups in total. The molecule has 0 radical (unpaired) electrons. The minimum absolute atomic E-state index is 0.170. The first-order valence-electron chi connectivity index (χ1n) is 5.38. The highest BCUT2D eigenvalue weighted by molar-refractivity contribution is 9.10. The molecule has 0 heterocycles. The summed E-state index contributed by atoms with van der Waals surface area (Å²) in [6.07, 6.45) is 0. The molecule has 0 aliphatic heterocycles. The van der Waals surface area contributed by atoms with E-state index in [4.69, 9.17) is 5.11 Å². The van der Waals surface area contributed by atoms with Crippen LogP contribution in [0.5, 0.6) is 0 Å². The summed E-state index contributed by atoms with van der Waals surface area (Å²) in [7, 11) is 0. The molecular weight excluding hydrogens is 305 g/mol. The number of carbonyl (C=O) groups excluding carboxylic acids is 1. The molecular formula is C12H15BrFNO3. The molecule has 4 nitrogen and oxygen atoms in total. The lowest BCUT2D eigenvalue weighted by Crippen LogP contribution is -2.46. The number of aliphatic hydroxyl groups is 2. The lowest BCUT2D eigenvalue weighted by atomic mass is 9.95. The number of benzene rings is 1. The second-order valence-corrected chi connectivity index (χ2v) is 5.11. The quantitative estimate of drug-likeness (QED) is 0.783. The summed E-state index contributed by atoms with van der Waals surface area (Å²) in [6.45, 7) is 2.69. The Morgan fingerprint density at radius 2 is 2.22 bits per heavy atom. The lowest BCUT2D eigenvalue weighted by Gasteiger charge is -2.25. The molecule has 1 aromatic rings. The molecule has 1 rings (SSSR count). The third-order valence-corrected chi connectivity index (χ3v) is 3.18. The van der Waals surface area contributed by atoms with E-state index in [1.165, 1.54) is 19.1 Å². The van der Waals surface area contributed by atoms with Gasteiger partial charge in [0.2, 0.25) is 0 Å². The van der Waals surface area contributed by atoms with Crippen LogP contribution in [0.3, 0.4) is 0 Å². The van der Waals surface area contributed by atoms with Crippen LogP contribution in [0.2, 0.25) is 0 Å². The van der Waals surface area contributed by atoms with Crippen molar-refractivity contribution in [1.29, 1.82) is 0 Å². The van der Waals surface area contributed by atoms with Crippen LogP contribution >= 0.6 is 15.9 Å². The fraction of sp³-hybridized carbons (Fsp3) is 0.417. The van der Waals surface area contributed by atoms with Gasteiger partial charge in [0.15, 0.2) is 5.60 Å². The first kappa shape index (κ1) is 15.1. The Labute approximate surface area is 113 Å². The van der Waals surface area contributed by atoms with E-state index in [1.54, 1.807) is 6.92 Å². The molecule has 6 heteroatoms. The highest BCUT2D eigenvalue weighted by Crippen LogP contribution is 2.25. The Bertz CT molecular complexity index is 451. The molecule has 0 fully saturated rings. The van der Waals surface area contributed by atoms with Crippen LogP contribution in [0.25, 0.3) is 0 Å². The summed E-state index contributed by atoms with van der Waals surface area (Å²) in [6, 6.07) is 3.38. The van der Waals surface area contributed by atoms with Crippen LogP contribution in [0.15, 0.2) is 22.7 Å². The number of nitrogens with one attached hydrogen (secondary N) is 1. The van der Waals surface area contributed by atoms with E-state index in [-0.39, 0.29) is 16.6 Å². The molecule has 0 aliphatic rings. The molecule has 18 heavy (non-hydrogen) atoms. The third-order valence-electron chi connectivity index (χ3n) is 2.58. The maximum Gasteiger partial charge on any atom is 0.256 e. The Morgan fingerprint density at radius 1 is 1.61 bits per heavy atom. The summed E-state index contributed by atoms with van der Waals surface area (Å²) in [5, 5.41) is 21.5. The molecule has 100 valence electrons. The number of aliphatic hydroxyl groups excluding tert-OH is 1. The second kappa shape index (κ2) is 5.77. The van der Waals surface area contributed by atoms with Crippen LogP contribution in [0.1, 0.15) is 19.4 Å². The van der Waals surface area contributed by atoms with Gasteiger partial charge in [-0.15, -0.1) is 0 Å². The van der Waals surface area contributed by atoms with Gasteiger partial charge in [0, 0.05) is 6.04 Å². The van der Waals surface area contributed by atoms with Crippen molar-refractivity contribution in [2.24, 2.45) is 0 Å². The Hall–Kier alpha value is -0.980. The van der Waals surface area contributed by atoms with Crippen LogP contribution in [0.4, 0.5) is 4.39 Å². The van der Waals surface area contributed by atoms with E-state index in [2.05, 4.69) is 21.2 Å². The van der Waals surface area contributed by atoms with Gasteiger partial charge in [-0.25, -0.2) is 4.39 Å². The Morgan fingerprint density at radius 3 is 2.72 bits per heavy atom. The van der Waals surface area contributed by atoms with Crippen LogP contribution < -0.4 is 5.32 Å². The van der Waals surface area contributed by atoms with Crippen molar-refractivity contribution < 1.29 is 19.4 Å². The smallest absolute Gasteiger partial charge is 0.256 e. The van der Waals surface area contributed by atoms with Gasteiger partial charge in [-0.2, -0.15) is 0 Å². The van der Waals surface area contributed by atoms with Gasteiger partial charge in [0.1, 0.15) is 5.82 Å². The average Bonchev–Trinajstić information content (AvgIpc) is 2.32. The molecule has 1 aromatic carbocycles. The zero-order chi connectivity index (χ0) is 13.9. The summed E-state index contributed by atoms with van der Waals surface area (Å²) >= 11 is 2.99. The first-order valence-corrected chi connectivity index (χ1v) is 6.18. The monoisotopic (exact) mass is 319 g/mol. The van der Waals surface area contributed by atoms with Crippen molar-refractivity contribution in [1.82, 2.24) is 5.32 Å². The van der Waals surface area contributed by atoms with Crippen molar-refractivity contribution in [2.75, 3.05) is 6.61 Å². The van der Waals surface area contributed by atoms with Crippen molar-refractivity contribution in [3.05, 3.63) is 34.1 Å². The second-order valence-electron chi connectivity index (χ2n) is 4.26. The summed E-state index contributed by atoms with van der Waals surface area (Å²) < 4.78 is 13.3. The first-order chi connectivity index (χ1) is 8.28. The van der Waals surface area contributed by atoms with Crippen molar-refractivity contribution >= 4 is 21.8 Å². The molecule has 1 amide bonds. The van der Waals surface area contributed by atoms with Crippen LogP contribution in [-0.4, -0.2) is 28.8 Å². The number of hydrogen-bond donors (Lipinski definition) is 3. The Balaban J connectivity index is 2.97. The molecule has 0 aliphatic carbocycles. The highest BCUT2D eigenvalue weighted by Gasteiger charge is 2.33. The van der Waals surface area contributed by atoms with E-state index < -0.39 is 23.4 Å². The maximum atomic E-state index is 13.1. The highest BCUT2D eigenvalue weighted by atomic mass is 79.9. The van der Waals surface area contributed by atoms with Gasteiger partial charge in [-0.05, 0) is 47.5 Å². The molecule has 0 spiro atoms. The minimum atomic E-state index is -1.79. The molecule has 2 atom stereocenters. The van der Waals surface area contributed by atoms with Gasteiger partial charge in [-0.1, -0.05) is 6.07 Å². The summed E-state index contributed by atoms with van der Waals surface area (Å²) in [4.78, 5) is 11.8. The van der Waals surface area contributed by atoms with E-state index in [0.29, 0.717) is 0 Å². The zero-order valence-electron chi connectivity index (χ0n) is 10.1. The fourth-order valence-corrected chi connectivity index (χ4v) is 1.72. The van der Waals surface area contributed by atoms with Gasteiger partial charge in [0.05, 0.1) is 11.1 Å². The summed E-state index contributed by atoms with van der Waals surface area (Å²) in [5.41, 5.74) is -1.53. The molecule has 1 unspecified atom stereocenters. The minimum Gasteiger partial charge on any atom is -0.394 e. The number of rotatable bonds is 4. The molecule has 0 aromatic heterocycles. The largest absolute Gasteiger partial charge is 0.394 e. The number of carbonyl (C=O) groups is 1. The van der Waals surface area contributed by atoms with Crippen molar-refractivity contribution in [2.45, 2.75) is 25.5 Å². The van der Waals surface area contributed by atoms with Crippen LogP contribution in [-0.2, 0) is 10.4 Å². The molecule has 0 saturated carbocycles. The summed E-state index contributed by atoms with van der Waals surface area (Å²) in [5.74, 6) is -1.12. The zero-order valence-corrected chi connectivity index (χ0v) is 11.7. The van der Waals surface area contributed by atoms with Crippen molar-refractivity contribution in [3.63, 3.8) is 0 Å². The van der Waals surface area contributed by atoms with Gasteiger partial charge >= 0.3 is 0 Å². The molecule has 0 bridgehead atoms. The fourth-order valence-electron chi connectivity index (χ4n) is 1.34. The van der Waals surface area contributed by atoms with Gasteiger partial charge in [0.25, 0.3) is 5.91 Å². The maximum absolute atomic E-state index is 13.1. The van der Waals surface area contributed by atoms with E-state index in [0.717, 1.165) is 6.07 Å². The third kappa shape index (κ3) is 3.28. The average molecular weight is 320 g/mol. The van der Waals surface area contributed by atoms with Crippen molar-refractivity contribution in [3.8, 4) is 0 Å². The number of amides is 1. The number of halogens is 2. The Kier molecular flexibility index (Phi) is 4.84. The predicted octanol–water partition coefficient (Wildman–Crippen LogP) is 1.29. The number of hydrogen-bond acceptors (Lipinski definition) is 3. The van der Waals surface area contributed by atoms with E-state index in [9.17, 15) is 14.3 Å². The topological polar surface area (TPSA) is 69.6 Å². The lowest BCUT2D eigenvalue weighted by molar-refractivity contribution is -0.140. The van der Waals surface area contributed by atoms with E-state index >= 15 is 0 Å². The van der Waals surface area contributed by atoms with Crippen LogP contribution in [0, 0.1) is 5.82 Å². The van der Waals surface area contributed by atoms with Gasteiger partial charge < -0.3 is 15.5 Å². The standard InChI is InChI=1S/C12H15BrFNO3/c1-7(6-16)15-11(17)12(2,18)8-3-4-10(14)9(13)5-8/h3-5,7,16,18H,6H2,1-2H3,(H,15,17)/t7-,12?/m0/s1.